The van der Waals surface area contributed by atoms with Crippen molar-refractivity contribution in [1.82, 2.24) is 0 Å². The summed E-state index contributed by atoms with van der Waals surface area (Å²) in [6.45, 7) is 0. The van der Waals surface area contributed by atoms with Gasteiger partial charge < -0.3 is 9.47 Å². The molecule has 0 saturated carbocycles. The van der Waals surface area contributed by atoms with Gasteiger partial charge in [0.05, 0.1) is 14.2 Å². The number of para-hydroxylation sites is 1. The Balaban J connectivity index is 3.45. The van der Waals surface area contributed by atoms with Crippen LogP contribution in [0.4, 0.5) is 0 Å². The molecule has 6 heteroatoms. The third-order valence-corrected chi connectivity index (χ3v) is 2.50. The SMILES string of the molecule is COc1cccc(S([O])(=O)=O)c1OC. The average Bonchev–Trinajstić information content (AvgIpc) is 2.15. The third kappa shape index (κ3) is 1.97. The van der Waals surface area contributed by atoms with Gasteiger partial charge in [-0.3, -0.25) is 0 Å². The monoisotopic (exact) mass is 217 g/mol. The molecule has 0 unspecified atom stereocenters. The van der Waals surface area contributed by atoms with E-state index in [2.05, 4.69) is 0 Å². The van der Waals surface area contributed by atoms with E-state index in [-0.39, 0.29) is 11.5 Å². The van der Waals surface area contributed by atoms with Crippen LogP contribution in [0.15, 0.2) is 23.1 Å². The topological polar surface area (TPSA) is 72.5 Å². The molecule has 0 aromatic heterocycles. The Morgan fingerprint density at radius 2 is 1.79 bits per heavy atom. The van der Waals surface area contributed by atoms with E-state index in [9.17, 15) is 13.0 Å². The van der Waals surface area contributed by atoms with Crippen LogP contribution in [-0.2, 0) is 14.7 Å². The molecule has 0 spiro atoms. The molecule has 5 nitrogen and oxygen atoms in total. The van der Waals surface area contributed by atoms with Crippen molar-refractivity contribution in [2.75, 3.05) is 14.2 Å². The molecule has 0 atom stereocenters. The maximum absolute atomic E-state index is 10.8. The van der Waals surface area contributed by atoms with E-state index in [4.69, 9.17) is 9.47 Å². The first-order valence-corrected chi connectivity index (χ1v) is 5.08. The van der Waals surface area contributed by atoms with E-state index in [1.54, 1.807) is 0 Å². The summed E-state index contributed by atoms with van der Waals surface area (Å²) in [6, 6.07) is 4.09. The van der Waals surface area contributed by atoms with Gasteiger partial charge in [0, 0.05) is 0 Å². The van der Waals surface area contributed by atoms with Crippen LogP contribution in [-0.4, -0.2) is 22.6 Å². The standard InChI is InChI=1S/C8H9O5S/c1-12-6-4-3-5-7(8(6)13-2)14(9,10)11/h3-5H,1-2H3. The molecule has 0 aliphatic heterocycles. The fourth-order valence-corrected chi connectivity index (χ4v) is 1.71. The van der Waals surface area contributed by atoms with Gasteiger partial charge in [-0.1, -0.05) is 10.6 Å². The van der Waals surface area contributed by atoms with Crippen LogP contribution in [0.2, 0.25) is 0 Å². The number of benzene rings is 1. The zero-order chi connectivity index (χ0) is 10.8. The number of hydrogen-bond donors (Lipinski definition) is 0. The Kier molecular flexibility index (Phi) is 2.97. The lowest BCUT2D eigenvalue weighted by Gasteiger charge is -2.09. The molecule has 14 heavy (non-hydrogen) atoms. The van der Waals surface area contributed by atoms with Crippen molar-refractivity contribution in [2.24, 2.45) is 0 Å². The molecule has 0 aliphatic rings. The van der Waals surface area contributed by atoms with E-state index in [1.165, 1.54) is 32.4 Å². The minimum Gasteiger partial charge on any atom is -0.493 e. The fraction of sp³-hybridized carbons (Fsp3) is 0.250. The van der Waals surface area contributed by atoms with Gasteiger partial charge >= 0.3 is 10.1 Å². The molecule has 0 bridgehead atoms. The summed E-state index contributed by atoms with van der Waals surface area (Å²) in [7, 11) is -1.90. The molecule has 0 heterocycles. The predicted molar refractivity (Wildman–Crippen MR) is 47.4 cm³/mol. The Morgan fingerprint density at radius 3 is 2.21 bits per heavy atom. The average molecular weight is 217 g/mol. The lowest BCUT2D eigenvalue weighted by Crippen LogP contribution is -2.01. The molecule has 0 aliphatic carbocycles. The Bertz CT molecular complexity index is 423. The van der Waals surface area contributed by atoms with Gasteiger partial charge in [-0.25, -0.2) is 0 Å². The molecule has 1 aromatic rings. The summed E-state index contributed by atoms with van der Waals surface area (Å²) >= 11 is 0. The summed E-state index contributed by atoms with van der Waals surface area (Å²) in [6.07, 6.45) is 0. The van der Waals surface area contributed by atoms with Gasteiger partial charge in [-0.05, 0) is 12.1 Å². The quantitative estimate of drug-likeness (QED) is 0.751. The minimum absolute atomic E-state index is 0.0648. The lowest BCUT2D eigenvalue weighted by atomic mass is 10.3. The van der Waals surface area contributed by atoms with E-state index >= 15 is 0 Å². The lowest BCUT2D eigenvalue weighted by molar-refractivity contribution is 0.342. The van der Waals surface area contributed by atoms with Crippen LogP contribution in [0.3, 0.4) is 0 Å². The Hall–Kier alpha value is -1.27. The molecule has 0 N–H and O–H groups in total. The van der Waals surface area contributed by atoms with Crippen LogP contribution < -0.4 is 9.47 Å². The highest BCUT2D eigenvalue weighted by molar-refractivity contribution is 7.85. The van der Waals surface area contributed by atoms with Gasteiger partial charge in [0.15, 0.2) is 11.5 Å². The molecular weight excluding hydrogens is 208 g/mol. The van der Waals surface area contributed by atoms with Gasteiger partial charge in [0.1, 0.15) is 4.90 Å². The third-order valence-electron chi connectivity index (χ3n) is 1.64. The Morgan fingerprint density at radius 1 is 1.14 bits per heavy atom. The van der Waals surface area contributed by atoms with E-state index in [0.29, 0.717) is 0 Å². The second kappa shape index (κ2) is 3.85. The van der Waals surface area contributed by atoms with Crippen LogP contribution >= 0.6 is 0 Å². The summed E-state index contributed by atoms with van der Waals surface area (Å²) < 4.78 is 42.0. The second-order valence-corrected chi connectivity index (χ2v) is 3.79. The van der Waals surface area contributed by atoms with E-state index in [1.807, 2.05) is 0 Å². The van der Waals surface area contributed by atoms with Crippen LogP contribution in [0, 0.1) is 0 Å². The number of methoxy groups -OCH3 is 2. The number of rotatable bonds is 3. The van der Waals surface area contributed by atoms with Crippen molar-refractivity contribution >= 4 is 10.1 Å². The van der Waals surface area contributed by atoms with Crippen molar-refractivity contribution in [3.8, 4) is 11.5 Å². The minimum atomic E-state index is -4.53. The van der Waals surface area contributed by atoms with Gasteiger partial charge in [0.2, 0.25) is 0 Å². The van der Waals surface area contributed by atoms with E-state index in [0.717, 1.165) is 0 Å². The first kappa shape index (κ1) is 10.8. The number of hydrogen-bond acceptors (Lipinski definition) is 4. The highest BCUT2D eigenvalue weighted by Crippen LogP contribution is 2.33. The largest absolute Gasteiger partial charge is 0.493 e. The highest BCUT2D eigenvalue weighted by Gasteiger charge is 2.20. The molecule has 1 radical (unpaired) electrons. The summed E-state index contributed by atoms with van der Waals surface area (Å²) in [5.74, 6) is 0.148. The number of ether oxygens (including phenoxy) is 2. The second-order valence-electron chi connectivity index (χ2n) is 2.45. The molecule has 77 valence electrons. The van der Waals surface area contributed by atoms with Gasteiger partial charge in [-0.15, -0.1) is 0 Å². The normalized spacial score (nSPS) is 11.1. The Labute approximate surface area is 82.0 Å². The smallest absolute Gasteiger partial charge is 0.328 e. The van der Waals surface area contributed by atoms with Crippen molar-refractivity contribution in [3.05, 3.63) is 18.2 Å². The van der Waals surface area contributed by atoms with Crippen molar-refractivity contribution in [3.63, 3.8) is 0 Å². The zero-order valence-corrected chi connectivity index (χ0v) is 8.50. The molecule has 0 saturated heterocycles. The van der Waals surface area contributed by atoms with Crippen molar-refractivity contribution in [2.45, 2.75) is 4.90 Å². The molecule has 0 fully saturated rings. The zero-order valence-electron chi connectivity index (χ0n) is 7.68. The fourth-order valence-electron chi connectivity index (χ4n) is 1.05. The maximum atomic E-state index is 10.8. The van der Waals surface area contributed by atoms with Crippen LogP contribution in [0.5, 0.6) is 11.5 Å². The van der Waals surface area contributed by atoms with E-state index < -0.39 is 15.0 Å². The predicted octanol–water partition coefficient (Wildman–Crippen LogP) is 0.823. The summed E-state index contributed by atoms with van der Waals surface area (Å²) in [5.41, 5.74) is 0. The molecule has 0 amide bonds. The maximum Gasteiger partial charge on any atom is 0.328 e. The van der Waals surface area contributed by atoms with Gasteiger partial charge in [-0.2, -0.15) is 8.42 Å². The van der Waals surface area contributed by atoms with Crippen molar-refractivity contribution < 1.29 is 22.4 Å². The van der Waals surface area contributed by atoms with Crippen molar-refractivity contribution in [1.29, 1.82) is 0 Å². The molecule has 1 aromatic carbocycles. The molecular formula is C8H9O5S. The first-order chi connectivity index (χ1) is 6.50. The van der Waals surface area contributed by atoms with Crippen LogP contribution in [0.25, 0.3) is 0 Å². The highest BCUT2D eigenvalue weighted by atomic mass is 32.2. The summed E-state index contributed by atoms with van der Waals surface area (Å²) in [4.78, 5) is -0.417. The summed E-state index contributed by atoms with van der Waals surface area (Å²) in [5, 5.41) is 0. The van der Waals surface area contributed by atoms with Gasteiger partial charge in [0.25, 0.3) is 0 Å². The molecule has 1 rings (SSSR count). The first-order valence-electron chi connectivity index (χ1n) is 3.67. The van der Waals surface area contributed by atoms with Crippen LogP contribution in [0.1, 0.15) is 0 Å².